The van der Waals surface area contributed by atoms with Gasteiger partial charge in [-0.1, -0.05) is 152 Å². The van der Waals surface area contributed by atoms with Gasteiger partial charge in [-0.2, -0.15) is 0 Å². The molecule has 1 aromatic heterocycles. The minimum Gasteiger partial charge on any atom is -0.456 e. The minimum atomic E-state index is 0.901. The van der Waals surface area contributed by atoms with Crippen LogP contribution in [0.15, 0.2) is 174 Å². The quantitative estimate of drug-likeness (QED) is 0.191. The lowest BCUT2D eigenvalue weighted by molar-refractivity contribution is 0.669. The van der Waals surface area contributed by atoms with Crippen molar-refractivity contribution in [2.24, 2.45) is 0 Å². The number of hydrogen-bond donors (Lipinski definition) is 0. The first-order valence-corrected chi connectivity index (χ1v) is 15.4. The van der Waals surface area contributed by atoms with Crippen LogP contribution in [-0.2, 0) is 0 Å². The highest BCUT2D eigenvalue weighted by atomic mass is 16.3. The van der Waals surface area contributed by atoms with Gasteiger partial charge >= 0.3 is 0 Å². The maximum absolute atomic E-state index is 6.49. The van der Waals surface area contributed by atoms with Crippen LogP contribution in [0.5, 0.6) is 0 Å². The predicted octanol–water partition coefficient (Wildman–Crippen LogP) is 12.6. The third-order valence-electron chi connectivity index (χ3n) is 9.08. The second-order valence-corrected chi connectivity index (χ2v) is 11.6. The Labute approximate surface area is 261 Å². The molecule has 0 aliphatic heterocycles. The zero-order chi connectivity index (χ0) is 29.7. The maximum atomic E-state index is 6.49. The summed E-state index contributed by atoms with van der Waals surface area (Å²) in [5.74, 6) is 0. The number of furan rings is 1. The molecule has 0 atom stereocenters. The van der Waals surface area contributed by atoms with E-state index in [0.29, 0.717) is 0 Å². The Hall–Kier alpha value is -5.92. The van der Waals surface area contributed by atoms with Crippen LogP contribution in [0.2, 0.25) is 0 Å². The molecule has 9 aromatic rings. The van der Waals surface area contributed by atoms with Gasteiger partial charge in [-0.3, -0.25) is 0 Å². The lowest BCUT2D eigenvalue weighted by Gasteiger charge is -2.21. The van der Waals surface area contributed by atoms with Crippen LogP contribution >= 0.6 is 0 Å². The molecule has 0 bridgehead atoms. The maximum Gasteiger partial charge on any atom is 0.136 e. The van der Waals surface area contributed by atoms with Crippen LogP contribution in [0.25, 0.3) is 88.0 Å². The van der Waals surface area contributed by atoms with Gasteiger partial charge in [-0.25, -0.2) is 0 Å². The normalized spacial score (nSPS) is 11.6. The van der Waals surface area contributed by atoms with Crippen molar-refractivity contribution in [3.63, 3.8) is 0 Å². The second kappa shape index (κ2) is 10.4. The third-order valence-corrected chi connectivity index (χ3v) is 9.08. The summed E-state index contributed by atoms with van der Waals surface area (Å²) in [7, 11) is 0. The average molecular weight is 573 g/mol. The van der Waals surface area contributed by atoms with E-state index in [9.17, 15) is 0 Å². The topological polar surface area (TPSA) is 13.1 Å². The lowest BCUT2D eigenvalue weighted by Crippen LogP contribution is -1.94. The molecular weight excluding hydrogens is 544 g/mol. The van der Waals surface area contributed by atoms with E-state index in [1.54, 1.807) is 0 Å². The molecule has 0 saturated carbocycles. The van der Waals surface area contributed by atoms with E-state index >= 15 is 0 Å². The van der Waals surface area contributed by atoms with Crippen molar-refractivity contribution < 1.29 is 4.42 Å². The number of fused-ring (bicyclic) bond motifs is 5. The Morgan fingerprint density at radius 1 is 0.267 bits per heavy atom. The van der Waals surface area contributed by atoms with E-state index in [2.05, 4.69) is 164 Å². The van der Waals surface area contributed by atoms with Crippen LogP contribution in [0.3, 0.4) is 0 Å². The van der Waals surface area contributed by atoms with Gasteiger partial charge in [0.2, 0.25) is 0 Å². The molecule has 9 rings (SSSR count). The van der Waals surface area contributed by atoms with E-state index in [4.69, 9.17) is 4.42 Å². The predicted molar refractivity (Wildman–Crippen MR) is 190 cm³/mol. The van der Waals surface area contributed by atoms with Gasteiger partial charge in [-0.05, 0) is 84.3 Å². The van der Waals surface area contributed by atoms with E-state index in [1.165, 1.54) is 66.1 Å². The van der Waals surface area contributed by atoms with Gasteiger partial charge in [-0.15, -0.1) is 0 Å². The Balaban J connectivity index is 1.43. The second-order valence-electron chi connectivity index (χ2n) is 11.6. The highest BCUT2D eigenvalue weighted by Gasteiger charge is 2.22. The molecule has 0 spiro atoms. The highest BCUT2D eigenvalue weighted by Crippen LogP contribution is 2.49. The third kappa shape index (κ3) is 4.09. The van der Waals surface area contributed by atoms with Crippen molar-refractivity contribution in [2.45, 2.75) is 0 Å². The monoisotopic (exact) mass is 572 g/mol. The first-order valence-electron chi connectivity index (χ1n) is 15.4. The van der Waals surface area contributed by atoms with Crippen molar-refractivity contribution in [3.8, 4) is 44.5 Å². The molecule has 0 unspecified atom stereocenters. The number of para-hydroxylation sites is 1. The van der Waals surface area contributed by atoms with E-state index < -0.39 is 0 Å². The summed E-state index contributed by atoms with van der Waals surface area (Å²) >= 11 is 0. The molecule has 0 radical (unpaired) electrons. The molecule has 8 aromatic carbocycles. The Kier molecular flexibility index (Phi) is 5.89. The summed E-state index contributed by atoms with van der Waals surface area (Å²) in [4.78, 5) is 0. The zero-order valence-electron chi connectivity index (χ0n) is 24.6. The van der Waals surface area contributed by atoms with Crippen molar-refractivity contribution in [1.29, 1.82) is 0 Å². The fourth-order valence-corrected chi connectivity index (χ4v) is 7.11. The molecule has 0 aliphatic carbocycles. The standard InChI is InChI=1S/C44H28O/c1-3-15-29(16-4-1)31-19-7-8-21-33(31)43-34-22-9-11-24-36(34)44(37-25-12-10-23-35(37)43)40-28-42-39(32-20-13-14-26-41(32)45-42)27-38(40)30-17-5-2-6-18-30/h1-28H. The summed E-state index contributed by atoms with van der Waals surface area (Å²) in [5.41, 5.74) is 11.5. The summed E-state index contributed by atoms with van der Waals surface area (Å²) in [6, 6.07) is 61.0. The van der Waals surface area contributed by atoms with Crippen LogP contribution in [0, 0.1) is 0 Å². The van der Waals surface area contributed by atoms with Gasteiger partial charge in [0.25, 0.3) is 0 Å². The summed E-state index contributed by atoms with van der Waals surface area (Å²) < 4.78 is 6.49. The molecule has 0 aliphatic rings. The largest absolute Gasteiger partial charge is 0.456 e. The summed E-state index contributed by atoms with van der Waals surface area (Å²) in [6.07, 6.45) is 0. The molecule has 1 heterocycles. The van der Waals surface area contributed by atoms with E-state index in [0.717, 1.165) is 21.9 Å². The Morgan fingerprint density at radius 3 is 1.31 bits per heavy atom. The van der Waals surface area contributed by atoms with Crippen LogP contribution in [0.1, 0.15) is 0 Å². The Morgan fingerprint density at radius 2 is 0.711 bits per heavy atom. The summed E-state index contributed by atoms with van der Waals surface area (Å²) in [6.45, 7) is 0. The molecule has 0 fully saturated rings. The number of benzene rings is 8. The highest BCUT2D eigenvalue weighted by molar-refractivity contribution is 6.24. The summed E-state index contributed by atoms with van der Waals surface area (Å²) in [5, 5.41) is 7.19. The SMILES string of the molecule is c1ccc(-c2ccccc2-c2c3ccccc3c(-c3cc4oc5ccccc5c4cc3-c3ccccc3)c3ccccc23)cc1. The van der Waals surface area contributed by atoms with E-state index in [1.807, 2.05) is 6.07 Å². The average Bonchev–Trinajstić information content (AvgIpc) is 3.48. The smallest absolute Gasteiger partial charge is 0.136 e. The fraction of sp³-hybridized carbons (Fsp3) is 0. The Bertz CT molecular complexity index is 2460. The van der Waals surface area contributed by atoms with Crippen molar-refractivity contribution in [1.82, 2.24) is 0 Å². The van der Waals surface area contributed by atoms with Crippen molar-refractivity contribution in [2.75, 3.05) is 0 Å². The zero-order valence-corrected chi connectivity index (χ0v) is 24.6. The van der Waals surface area contributed by atoms with Crippen molar-refractivity contribution >= 4 is 43.5 Å². The van der Waals surface area contributed by atoms with Crippen LogP contribution in [0.4, 0.5) is 0 Å². The van der Waals surface area contributed by atoms with E-state index in [-0.39, 0.29) is 0 Å². The fourth-order valence-electron chi connectivity index (χ4n) is 7.11. The first kappa shape index (κ1) is 25.6. The van der Waals surface area contributed by atoms with Crippen LogP contribution < -0.4 is 0 Å². The minimum absolute atomic E-state index is 0.901. The molecule has 0 saturated heterocycles. The molecule has 210 valence electrons. The van der Waals surface area contributed by atoms with Gasteiger partial charge in [0.05, 0.1) is 0 Å². The molecule has 0 amide bonds. The molecule has 1 heteroatoms. The molecular formula is C44H28O. The number of rotatable bonds is 4. The molecule has 1 nitrogen and oxygen atoms in total. The first-order chi connectivity index (χ1) is 22.3. The van der Waals surface area contributed by atoms with Gasteiger partial charge in [0.15, 0.2) is 0 Å². The molecule has 45 heavy (non-hydrogen) atoms. The van der Waals surface area contributed by atoms with Gasteiger partial charge < -0.3 is 4.42 Å². The van der Waals surface area contributed by atoms with Crippen LogP contribution in [-0.4, -0.2) is 0 Å². The van der Waals surface area contributed by atoms with Gasteiger partial charge in [0.1, 0.15) is 11.2 Å². The number of hydrogen-bond acceptors (Lipinski definition) is 1. The lowest BCUT2D eigenvalue weighted by atomic mass is 9.82. The molecule has 0 N–H and O–H groups in total. The van der Waals surface area contributed by atoms with Crippen molar-refractivity contribution in [3.05, 3.63) is 170 Å². The van der Waals surface area contributed by atoms with Gasteiger partial charge in [0, 0.05) is 10.8 Å².